The van der Waals surface area contributed by atoms with E-state index < -0.39 is 12.9 Å². The van der Waals surface area contributed by atoms with Gasteiger partial charge in [-0.1, -0.05) is 51.0 Å². The minimum absolute atomic E-state index is 0.131. The third kappa shape index (κ3) is 5.91. The molecule has 1 aromatic carbocycles. The highest BCUT2D eigenvalue weighted by atomic mass is 16.7. The molecule has 45 heavy (non-hydrogen) atoms. The highest BCUT2D eigenvalue weighted by molar-refractivity contribution is 5.71. The first-order chi connectivity index (χ1) is 21.6. The van der Waals surface area contributed by atoms with Crippen LogP contribution in [0, 0.1) is 58.7 Å². The number of ether oxygens (including phenoxy) is 2. The lowest BCUT2D eigenvalue weighted by atomic mass is 9.43. The van der Waals surface area contributed by atoms with Crippen LogP contribution >= 0.6 is 0 Å². The normalized spacial score (nSPS) is 38.9. The van der Waals surface area contributed by atoms with Gasteiger partial charge in [-0.05, 0) is 128 Å². The molecule has 4 fully saturated rings. The third-order valence-electron chi connectivity index (χ3n) is 13.6. The summed E-state index contributed by atoms with van der Waals surface area (Å²) in [5, 5.41) is 21.9. The van der Waals surface area contributed by atoms with Gasteiger partial charge in [-0.25, -0.2) is 4.79 Å². The van der Waals surface area contributed by atoms with Crippen LogP contribution in [0.4, 0.5) is 4.79 Å². The number of nitrogens with zero attached hydrogens (tertiary/aromatic N) is 1. The van der Waals surface area contributed by atoms with Crippen LogP contribution in [0.5, 0.6) is 0 Å². The maximum Gasteiger partial charge on any atom is 0.413 e. The van der Waals surface area contributed by atoms with Crippen molar-refractivity contribution < 1.29 is 29.3 Å². The van der Waals surface area contributed by atoms with Crippen molar-refractivity contribution in [3.63, 3.8) is 0 Å². The number of aliphatic hydroxyl groups excluding tert-OH is 2. The van der Waals surface area contributed by atoms with E-state index in [0.29, 0.717) is 35.5 Å². The average Bonchev–Trinajstić information content (AvgIpc) is 3.60. The molecule has 0 spiro atoms. The Hall–Kier alpha value is -2.56. The fraction of sp³-hybridized carbons (Fsp3) is 0.737. The molecule has 0 saturated heterocycles. The Labute approximate surface area is 269 Å². The van der Waals surface area contributed by atoms with E-state index in [-0.39, 0.29) is 48.0 Å². The molecule has 246 valence electrons. The molecule has 4 saturated carbocycles. The molecule has 0 bridgehead atoms. The Balaban J connectivity index is 0.995. The van der Waals surface area contributed by atoms with E-state index in [1.54, 1.807) is 4.90 Å². The monoisotopic (exact) mass is 619 g/mol. The number of carbonyl (C=O) groups is 2. The second-order valence-corrected chi connectivity index (χ2v) is 15.6. The first-order valence-electron chi connectivity index (χ1n) is 17.5. The van der Waals surface area contributed by atoms with Crippen molar-refractivity contribution >= 4 is 12.1 Å². The SMILES string of the molecule is C#CCN(C(=O)OCOC(=O)CC[C@@H](C)C1CCC2C3C(CC[C@@]21C)[C@@]1(C)CC[C@@H](O)C[C@H]1C[C@@H]3O)[C@@H]1CCc2ccccc21. The van der Waals surface area contributed by atoms with Crippen LogP contribution in [0.2, 0.25) is 0 Å². The standard InChI is InChI=1S/C38H53NO6/c1-5-20-39(32-14-11-25-8-6-7-9-28(25)32)36(43)45-23-44-34(42)15-10-24(2)29-12-13-30-35-31(17-19-38(29,30)4)37(3)18-16-27(40)21-26(37)22-33(35)41/h1,6-9,24,26-27,29-33,35,40-41H,10-23H2,2-4H3/t24-,26+,27-,29?,30?,31?,32-,33+,35?,37+,38-/m1/s1. The molecule has 2 N–H and O–H groups in total. The van der Waals surface area contributed by atoms with Crippen LogP contribution in [0.15, 0.2) is 24.3 Å². The molecule has 4 unspecified atom stereocenters. The van der Waals surface area contributed by atoms with Gasteiger partial charge in [0.05, 0.1) is 24.8 Å². The van der Waals surface area contributed by atoms with Crippen molar-refractivity contribution in [1.29, 1.82) is 0 Å². The first-order valence-corrected chi connectivity index (χ1v) is 17.5. The van der Waals surface area contributed by atoms with Gasteiger partial charge in [0.2, 0.25) is 6.79 Å². The molecule has 5 aliphatic rings. The minimum Gasteiger partial charge on any atom is -0.428 e. The summed E-state index contributed by atoms with van der Waals surface area (Å²) >= 11 is 0. The smallest absolute Gasteiger partial charge is 0.413 e. The van der Waals surface area contributed by atoms with Gasteiger partial charge in [0, 0.05) is 6.42 Å². The molecule has 11 atom stereocenters. The second-order valence-electron chi connectivity index (χ2n) is 15.6. The Kier molecular flexibility index (Phi) is 9.29. The molecule has 1 aromatic rings. The van der Waals surface area contributed by atoms with Crippen molar-refractivity contribution in [2.45, 2.75) is 116 Å². The minimum atomic E-state index is -0.564. The van der Waals surface area contributed by atoms with Gasteiger partial charge >= 0.3 is 12.1 Å². The lowest BCUT2D eigenvalue weighted by molar-refractivity contribution is -0.174. The third-order valence-corrected chi connectivity index (χ3v) is 13.6. The van der Waals surface area contributed by atoms with Crippen LogP contribution in [0.1, 0.15) is 109 Å². The van der Waals surface area contributed by atoms with Gasteiger partial charge in [-0.15, -0.1) is 6.42 Å². The highest BCUT2D eigenvalue weighted by Gasteiger charge is 2.62. The van der Waals surface area contributed by atoms with Gasteiger partial charge < -0.3 is 19.7 Å². The van der Waals surface area contributed by atoms with Crippen molar-refractivity contribution in [2.24, 2.45) is 46.3 Å². The highest BCUT2D eigenvalue weighted by Crippen LogP contribution is 2.68. The lowest BCUT2D eigenvalue weighted by Crippen LogP contribution is -2.58. The molecule has 1 amide bonds. The number of rotatable bonds is 8. The first kappa shape index (κ1) is 32.4. The van der Waals surface area contributed by atoms with E-state index in [4.69, 9.17) is 15.9 Å². The van der Waals surface area contributed by atoms with Crippen molar-refractivity contribution in [3.8, 4) is 12.3 Å². The summed E-state index contributed by atoms with van der Waals surface area (Å²) in [5.41, 5.74) is 2.70. The van der Waals surface area contributed by atoms with Crippen LogP contribution < -0.4 is 0 Å². The maximum atomic E-state index is 12.9. The number of carbonyl (C=O) groups excluding carboxylic acids is 2. The van der Waals surface area contributed by atoms with Crippen molar-refractivity contribution in [3.05, 3.63) is 35.4 Å². The molecular formula is C38H53NO6. The number of hydrogen-bond donors (Lipinski definition) is 2. The van der Waals surface area contributed by atoms with E-state index in [0.717, 1.165) is 69.8 Å². The van der Waals surface area contributed by atoms with Gasteiger partial charge in [0.1, 0.15) is 0 Å². The number of aliphatic hydroxyl groups is 2. The number of hydrogen-bond acceptors (Lipinski definition) is 6. The van der Waals surface area contributed by atoms with E-state index in [9.17, 15) is 19.8 Å². The number of aryl methyl sites for hydroxylation is 1. The number of benzene rings is 1. The summed E-state index contributed by atoms with van der Waals surface area (Å²) < 4.78 is 10.7. The average molecular weight is 620 g/mol. The molecule has 0 heterocycles. The summed E-state index contributed by atoms with van der Waals surface area (Å²) in [4.78, 5) is 27.2. The zero-order valence-corrected chi connectivity index (χ0v) is 27.5. The maximum absolute atomic E-state index is 12.9. The van der Waals surface area contributed by atoms with E-state index in [1.807, 2.05) is 18.2 Å². The van der Waals surface area contributed by atoms with E-state index >= 15 is 0 Å². The van der Waals surface area contributed by atoms with Crippen LogP contribution in [-0.2, 0) is 20.7 Å². The summed E-state index contributed by atoms with van der Waals surface area (Å²) in [6.07, 6.45) is 15.4. The molecular weight excluding hydrogens is 566 g/mol. The van der Waals surface area contributed by atoms with E-state index in [1.165, 1.54) is 12.0 Å². The largest absolute Gasteiger partial charge is 0.428 e. The predicted octanol–water partition coefficient (Wildman–Crippen LogP) is 6.65. The fourth-order valence-electron chi connectivity index (χ4n) is 11.3. The van der Waals surface area contributed by atoms with Gasteiger partial charge in [-0.3, -0.25) is 9.69 Å². The summed E-state index contributed by atoms with van der Waals surface area (Å²) in [6.45, 7) is 6.89. The molecule has 7 heteroatoms. The fourth-order valence-corrected chi connectivity index (χ4v) is 11.3. The van der Waals surface area contributed by atoms with Gasteiger partial charge in [-0.2, -0.15) is 0 Å². The topological polar surface area (TPSA) is 96.3 Å². The zero-order valence-electron chi connectivity index (χ0n) is 27.5. The number of terminal acetylenes is 1. The Morgan fingerprint density at radius 3 is 2.58 bits per heavy atom. The molecule has 0 aliphatic heterocycles. The van der Waals surface area contributed by atoms with Crippen LogP contribution in [0.25, 0.3) is 0 Å². The predicted molar refractivity (Wildman–Crippen MR) is 171 cm³/mol. The summed E-state index contributed by atoms with van der Waals surface area (Å²) in [7, 11) is 0. The summed E-state index contributed by atoms with van der Waals surface area (Å²) in [5.74, 6) is 4.87. The Morgan fingerprint density at radius 2 is 1.78 bits per heavy atom. The van der Waals surface area contributed by atoms with Crippen molar-refractivity contribution in [2.75, 3.05) is 13.3 Å². The Bertz CT molecular complexity index is 1290. The zero-order chi connectivity index (χ0) is 31.9. The van der Waals surface area contributed by atoms with Gasteiger partial charge in [0.15, 0.2) is 0 Å². The summed E-state index contributed by atoms with van der Waals surface area (Å²) in [6, 6.07) is 7.93. The number of esters is 1. The Morgan fingerprint density at radius 1 is 1.02 bits per heavy atom. The lowest BCUT2D eigenvalue weighted by Gasteiger charge is -2.62. The second kappa shape index (κ2) is 12.9. The van der Waals surface area contributed by atoms with Crippen LogP contribution in [0.3, 0.4) is 0 Å². The van der Waals surface area contributed by atoms with Crippen LogP contribution in [-0.4, -0.2) is 52.7 Å². The number of amides is 1. The molecule has 6 rings (SSSR count). The van der Waals surface area contributed by atoms with Crippen molar-refractivity contribution in [1.82, 2.24) is 4.90 Å². The molecule has 7 nitrogen and oxygen atoms in total. The molecule has 5 aliphatic carbocycles. The molecule has 0 aromatic heterocycles. The molecule has 0 radical (unpaired) electrons. The van der Waals surface area contributed by atoms with Gasteiger partial charge in [0.25, 0.3) is 0 Å². The van der Waals surface area contributed by atoms with E-state index in [2.05, 4.69) is 32.8 Å². The quantitative estimate of drug-likeness (QED) is 0.192. The number of fused-ring (bicyclic) bond motifs is 6.